The van der Waals surface area contributed by atoms with Crippen molar-refractivity contribution in [2.24, 2.45) is 0 Å². The second kappa shape index (κ2) is 7.05. The van der Waals surface area contributed by atoms with Gasteiger partial charge in [0.05, 0.1) is 12.2 Å². The smallest absolute Gasteiger partial charge is 0.338 e. The molecule has 0 amide bonds. The summed E-state index contributed by atoms with van der Waals surface area (Å²) in [5.74, 6) is -0.573. The lowest BCUT2D eigenvalue weighted by Gasteiger charge is -2.13. The standard InChI is InChI=1S/C15H19NO4/c1-2-19-15(18)13-9-8-12(16-13)10-20-14(17)11-6-4-3-5-7-11/h3-7,12-13,16H,2,8-10H2,1H3/t12-,13-/m0/s1. The van der Waals surface area contributed by atoms with Crippen LogP contribution in [0.15, 0.2) is 30.3 Å². The van der Waals surface area contributed by atoms with Crippen molar-refractivity contribution >= 4 is 11.9 Å². The Labute approximate surface area is 118 Å². The first kappa shape index (κ1) is 14.5. The minimum Gasteiger partial charge on any atom is -0.465 e. The van der Waals surface area contributed by atoms with Crippen LogP contribution in [0.4, 0.5) is 0 Å². The number of hydrogen-bond donors (Lipinski definition) is 1. The Hall–Kier alpha value is -1.88. The summed E-state index contributed by atoms with van der Waals surface area (Å²) in [7, 11) is 0. The van der Waals surface area contributed by atoms with Gasteiger partial charge in [-0.25, -0.2) is 4.79 Å². The maximum Gasteiger partial charge on any atom is 0.338 e. The number of ether oxygens (including phenoxy) is 2. The van der Waals surface area contributed by atoms with Crippen molar-refractivity contribution in [1.82, 2.24) is 5.32 Å². The molecule has 0 aromatic heterocycles. The molecule has 0 bridgehead atoms. The van der Waals surface area contributed by atoms with Crippen molar-refractivity contribution in [1.29, 1.82) is 0 Å². The minimum atomic E-state index is -0.341. The van der Waals surface area contributed by atoms with Gasteiger partial charge < -0.3 is 9.47 Å². The zero-order valence-electron chi connectivity index (χ0n) is 11.5. The Bertz CT molecular complexity index is 460. The van der Waals surface area contributed by atoms with Crippen LogP contribution in [-0.4, -0.2) is 37.2 Å². The van der Waals surface area contributed by atoms with Crippen LogP contribution < -0.4 is 5.32 Å². The molecule has 1 N–H and O–H groups in total. The number of carbonyl (C=O) groups is 2. The normalized spacial score (nSPS) is 21.4. The van der Waals surface area contributed by atoms with E-state index in [4.69, 9.17) is 9.47 Å². The predicted molar refractivity (Wildman–Crippen MR) is 73.3 cm³/mol. The Morgan fingerprint density at radius 3 is 2.65 bits per heavy atom. The second-order valence-electron chi connectivity index (χ2n) is 4.71. The number of esters is 2. The maximum atomic E-state index is 11.8. The Morgan fingerprint density at radius 2 is 1.95 bits per heavy atom. The first-order valence-corrected chi connectivity index (χ1v) is 6.85. The van der Waals surface area contributed by atoms with Gasteiger partial charge in [0, 0.05) is 6.04 Å². The van der Waals surface area contributed by atoms with Gasteiger partial charge in [0.2, 0.25) is 0 Å². The van der Waals surface area contributed by atoms with Gasteiger partial charge in [-0.1, -0.05) is 18.2 Å². The van der Waals surface area contributed by atoms with E-state index in [1.807, 2.05) is 6.07 Å². The van der Waals surface area contributed by atoms with Gasteiger partial charge in [-0.3, -0.25) is 10.1 Å². The van der Waals surface area contributed by atoms with E-state index in [2.05, 4.69) is 5.32 Å². The monoisotopic (exact) mass is 277 g/mol. The van der Waals surface area contributed by atoms with Crippen LogP contribution in [0.5, 0.6) is 0 Å². The highest BCUT2D eigenvalue weighted by Crippen LogP contribution is 2.14. The van der Waals surface area contributed by atoms with E-state index < -0.39 is 0 Å². The molecular formula is C15H19NO4. The van der Waals surface area contributed by atoms with Crippen LogP contribution in [0.1, 0.15) is 30.1 Å². The molecule has 2 rings (SSSR count). The fourth-order valence-corrected chi connectivity index (χ4v) is 2.21. The van der Waals surface area contributed by atoms with Gasteiger partial charge in [0.15, 0.2) is 0 Å². The molecule has 0 saturated carbocycles. The fraction of sp³-hybridized carbons (Fsp3) is 0.467. The van der Waals surface area contributed by atoms with E-state index >= 15 is 0 Å². The van der Waals surface area contributed by atoms with Crippen molar-refractivity contribution in [2.45, 2.75) is 31.8 Å². The Morgan fingerprint density at radius 1 is 1.20 bits per heavy atom. The second-order valence-corrected chi connectivity index (χ2v) is 4.71. The minimum absolute atomic E-state index is 0.0112. The van der Waals surface area contributed by atoms with Crippen molar-refractivity contribution in [3.8, 4) is 0 Å². The van der Waals surface area contributed by atoms with Crippen LogP contribution in [-0.2, 0) is 14.3 Å². The molecule has 0 spiro atoms. The van der Waals surface area contributed by atoms with E-state index in [0.29, 0.717) is 18.6 Å². The quantitative estimate of drug-likeness (QED) is 0.827. The predicted octanol–water partition coefficient (Wildman–Crippen LogP) is 1.53. The number of hydrogen-bond acceptors (Lipinski definition) is 5. The summed E-state index contributed by atoms with van der Waals surface area (Å²) in [6.45, 7) is 2.43. The summed E-state index contributed by atoms with van der Waals surface area (Å²) >= 11 is 0. The van der Waals surface area contributed by atoms with Gasteiger partial charge in [-0.05, 0) is 31.9 Å². The lowest BCUT2D eigenvalue weighted by Crippen LogP contribution is -2.39. The highest BCUT2D eigenvalue weighted by molar-refractivity contribution is 5.89. The van der Waals surface area contributed by atoms with Crippen LogP contribution in [0.2, 0.25) is 0 Å². The number of benzene rings is 1. The van der Waals surface area contributed by atoms with E-state index in [9.17, 15) is 9.59 Å². The van der Waals surface area contributed by atoms with Crippen molar-refractivity contribution in [3.63, 3.8) is 0 Å². The summed E-state index contributed by atoms with van der Waals surface area (Å²) in [6.07, 6.45) is 1.51. The lowest BCUT2D eigenvalue weighted by atomic mass is 10.2. The molecule has 1 heterocycles. The average Bonchev–Trinajstić information content (AvgIpc) is 2.95. The largest absolute Gasteiger partial charge is 0.465 e. The molecule has 1 aromatic rings. The number of carbonyl (C=O) groups excluding carboxylic acids is 2. The third-order valence-corrected chi connectivity index (χ3v) is 3.24. The number of rotatable bonds is 5. The van der Waals surface area contributed by atoms with Crippen molar-refractivity contribution in [2.75, 3.05) is 13.2 Å². The Kier molecular flexibility index (Phi) is 5.12. The van der Waals surface area contributed by atoms with Gasteiger partial charge >= 0.3 is 11.9 Å². The molecular weight excluding hydrogens is 258 g/mol. The van der Waals surface area contributed by atoms with Crippen LogP contribution in [0, 0.1) is 0 Å². The average molecular weight is 277 g/mol. The van der Waals surface area contributed by atoms with Gasteiger partial charge in [-0.15, -0.1) is 0 Å². The molecule has 0 radical (unpaired) electrons. The summed E-state index contributed by atoms with van der Waals surface area (Å²) < 4.78 is 10.2. The molecule has 1 saturated heterocycles. The summed E-state index contributed by atoms with van der Waals surface area (Å²) in [4.78, 5) is 23.3. The van der Waals surface area contributed by atoms with Crippen molar-refractivity contribution < 1.29 is 19.1 Å². The van der Waals surface area contributed by atoms with E-state index in [1.165, 1.54) is 0 Å². The first-order valence-electron chi connectivity index (χ1n) is 6.85. The van der Waals surface area contributed by atoms with E-state index in [1.54, 1.807) is 31.2 Å². The molecule has 1 aliphatic heterocycles. The molecule has 1 aromatic carbocycles. The molecule has 108 valence electrons. The molecule has 20 heavy (non-hydrogen) atoms. The van der Waals surface area contributed by atoms with Gasteiger partial charge in [-0.2, -0.15) is 0 Å². The molecule has 2 atom stereocenters. The zero-order chi connectivity index (χ0) is 14.4. The lowest BCUT2D eigenvalue weighted by molar-refractivity contribution is -0.145. The van der Waals surface area contributed by atoms with Gasteiger partial charge in [0.1, 0.15) is 12.6 Å². The summed E-state index contributed by atoms with van der Waals surface area (Å²) in [5, 5.41) is 3.13. The van der Waals surface area contributed by atoms with Gasteiger partial charge in [0.25, 0.3) is 0 Å². The highest BCUT2D eigenvalue weighted by Gasteiger charge is 2.30. The maximum absolute atomic E-state index is 11.8. The molecule has 5 heteroatoms. The van der Waals surface area contributed by atoms with Crippen molar-refractivity contribution in [3.05, 3.63) is 35.9 Å². The molecule has 5 nitrogen and oxygen atoms in total. The third kappa shape index (κ3) is 3.81. The van der Waals surface area contributed by atoms with Crippen LogP contribution >= 0.6 is 0 Å². The molecule has 0 unspecified atom stereocenters. The molecule has 1 fully saturated rings. The summed E-state index contributed by atoms with van der Waals surface area (Å²) in [6, 6.07) is 8.59. The van der Waals surface area contributed by atoms with E-state index in [0.717, 1.165) is 6.42 Å². The fourth-order valence-electron chi connectivity index (χ4n) is 2.21. The zero-order valence-corrected chi connectivity index (χ0v) is 11.5. The van der Waals surface area contributed by atoms with Crippen LogP contribution in [0.3, 0.4) is 0 Å². The third-order valence-electron chi connectivity index (χ3n) is 3.24. The molecule has 0 aliphatic carbocycles. The SMILES string of the molecule is CCOC(=O)[C@@H]1CC[C@@H](COC(=O)c2ccccc2)N1. The number of nitrogens with one attached hydrogen (secondary N) is 1. The van der Waals surface area contributed by atoms with Crippen LogP contribution in [0.25, 0.3) is 0 Å². The highest BCUT2D eigenvalue weighted by atomic mass is 16.5. The Balaban J connectivity index is 1.76. The summed E-state index contributed by atoms with van der Waals surface area (Å²) in [5.41, 5.74) is 0.535. The van der Waals surface area contributed by atoms with E-state index in [-0.39, 0.29) is 30.6 Å². The first-order chi connectivity index (χ1) is 9.70. The topological polar surface area (TPSA) is 64.6 Å². The molecule has 1 aliphatic rings.